The molecule has 5 nitrogen and oxygen atoms in total. The van der Waals surface area contributed by atoms with Gasteiger partial charge in [-0.2, -0.15) is 5.10 Å². The van der Waals surface area contributed by atoms with E-state index in [2.05, 4.69) is 9.84 Å². The Morgan fingerprint density at radius 3 is 2.85 bits per heavy atom. The van der Waals surface area contributed by atoms with Crippen LogP contribution in [0.3, 0.4) is 0 Å². The third-order valence-corrected chi connectivity index (χ3v) is 1.64. The van der Waals surface area contributed by atoms with Crippen molar-refractivity contribution in [2.75, 3.05) is 0 Å². The topological polar surface area (TPSA) is 64.4 Å². The van der Waals surface area contributed by atoms with Gasteiger partial charge < -0.3 is 9.84 Å². The summed E-state index contributed by atoms with van der Waals surface area (Å²) in [5, 5.41) is 12.4. The number of hydrogen-bond acceptors (Lipinski definition) is 3. The van der Waals surface area contributed by atoms with Gasteiger partial charge in [0.2, 0.25) is 5.88 Å². The standard InChI is InChI=1S/C7H9ClN2O3/c1-4(2)10-6(13-7(11)12)5(8)3-9-10/h3-4H,1-2H3,(H,11,12). The normalized spacial score (nSPS) is 10.5. The molecule has 0 unspecified atom stereocenters. The summed E-state index contributed by atoms with van der Waals surface area (Å²) in [7, 11) is 0. The van der Waals surface area contributed by atoms with E-state index in [1.165, 1.54) is 10.9 Å². The molecule has 0 bridgehead atoms. The van der Waals surface area contributed by atoms with Crippen LogP contribution >= 0.6 is 11.6 Å². The number of halogens is 1. The van der Waals surface area contributed by atoms with Gasteiger partial charge in [0.1, 0.15) is 5.02 Å². The second kappa shape index (κ2) is 3.66. The number of ether oxygens (including phenoxy) is 1. The third kappa shape index (κ3) is 2.12. The number of rotatable bonds is 2. The summed E-state index contributed by atoms with van der Waals surface area (Å²) < 4.78 is 5.86. The highest BCUT2D eigenvalue weighted by Gasteiger charge is 2.15. The molecule has 6 heteroatoms. The minimum absolute atomic E-state index is 0.00171. The van der Waals surface area contributed by atoms with Crippen LogP contribution < -0.4 is 4.74 Å². The van der Waals surface area contributed by atoms with E-state index in [4.69, 9.17) is 16.7 Å². The van der Waals surface area contributed by atoms with E-state index in [0.717, 1.165) is 0 Å². The van der Waals surface area contributed by atoms with Gasteiger partial charge >= 0.3 is 6.16 Å². The van der Waals surface area contributed by atoms with E-state index in [-0.39, 0.29) is 16.9 Å². The van der Waals surface area contributed by atoms with Gasteiger partial charge in [0.15, 0.2) is 0 Å². The molecule has 72 valence electrons. The molecule has 0 saturated carbocycles. The Morgan fingerprint density at radius 2 is 2.38 bits per heavy atom. The van der Waals surface area contributed by atoms with Gasteiger partial charge in [-0.3, -0.25) is 0 Å². The summed E-state index contributed by atoms with van der Waals surface area (Å²) in [6, 6.07) is 0.00171. The molecular weight excluding hydrogens is 196 g/mol. The molecular formula is C7H9ClN2O3. The van der Waals surface area contributed by atoms with Crippen molar-refractivity contribution in [1.82, 2.24) is 9.78 Å². The summed E-state index contributed by atoms with van der Waals surface area (Å²) in [4.78, 5) is 10.3. The van der Waals surface area contributed by atoms with Crippen molar-refractivity contribution in [3.05, 3.63) is 11.2 Å². The van der Waals surface area contributed by atoms with Crippen molar-refractivity contribution < 1.29 is 14.6 Å². The molecule has 1 rings (SSSR count). The Morgan fingerprint density at radius 1 is 1.77 bits per heavy atom. The molecule has 1 N–H and O–H groups in total. The Labute approximate surface area is 79.9 Å². The summed E-state index contributed by atoms with van der Waals surface area (Å²) in [6.45, 7) is 3.69. The highest BCUT2D eigenvalue weighted by Crippen LogP contribution is 2.26. The fourth-order valence-corrected chi connectivity index (χ4v) is 1.04. The van der Waals surface area contributed by atoms with Gasteiger partial charge in [-0.15, -0.1) is 0 Å². The van der Waals surface area contributed by atoms with Crippen molar-refractivity contribution >= 4 is 17.8 Å². The second-order valence-corrected chi connectivity index (χ2v) is 3.11. The Kier molecular flexibility index (Phi) is 2.77. The first-order valence-electron chi connectivity index (χ1n) is 3.66. The van der Waals surface area contributed by atoms with Gasteiger partial charge in [0.25, 0.3) is 0 Å². The number of nitrogens with zero attached hydrogens (tertiary/aromatic N) is 2. The number of aromatic nitrogens is 2. The summed E-state index contributed by atoms with van der Waals surface area (Å²) in [6.07, 6.45) is -0.0517. The predicted molar refractivity (Wildman–Crippen MR) is 46.3 cm³/mol. The molecule has 0 aliphatic heterocycles. The average molecular weight is 205 g/mol. The second-order valence-electron chi connectivity index (χ2n) is 2.70. The van der Waals surface area contributed by atoms with Gasteiger partial charge in [0, 0.05) is 0 Å². The van der Waals surface area contributed by atoms with Crippen molar-refractivity contribution in [3.8, 4) is 5.88 Å². The van der Waals surface area contributed by atoms with Crippen LogP contribution in [0.25, 0.3) is 0 Å². The Bertz CT molecular complexity index is 322. The molecule has 0 aliphatic rings. The zero-order chi connectivity index (χ0) is 10.0. The molecule has 13 heavy (non-hydrogen) atoms. The lowest BCUT2D eigenvalue weighted by Crippen LogP contribution is -2.11. The van der Waals surface area contributed by atoms with Crippen LogP contribution in [0.5, 0.6) is 5.88 Å². The fraction of sp³-hybridized carbons (Fsp3) is 0.429. The lowest BCUT2D eigenvalue weighted by Gasteiger charge is -2.08. The highest BCUT2D eigenvalue weighted by molar-refractivity contribution is 6.31. The van der Waals surface area contributed by atoms with Crippen LogP contribution in [0, 0.1) is 0 Å². The molecule has 0 spiro atoms. The molecule has 1 aromatic heterocycles. The minimum Gasteiger partial charge on any atom is -0.449 e. The molecule has 1 aromatic rings. The molecule has 0 amide bonds. The quantitative estimate of drug-likeness (QED) is 0.750. The van der Waals surface area contributed by atoms with E-state index < -0.39 is 6.16 Å². The first-order chi connectivity index (χ1) is 6.02. The zero-order valence-corrected chi connectivity index (χ0v) is 7.95. The van der Waals surface area contributed by atoms with E-state index in [9.17, 15) is 4.79 Å². The molecule has 0 atom stereocenters. The molecule has 0 saturated heterocycles. The minimum atomic E-state index is -1.40. The van der Waals surface area contributed by atoms with Gasteiger partial charge in [-0.05, 0) is 13.8 Å². The van der Waals surface area contributed by atoms with Crippen LogP contribution in [0.2, 0.25) is 5.02 Å². The largest absolute Gasteiger partial charge is 0.512 e. The average Bonchev–Trinajstić information content (AvgIpc) is 2.32. The molecule has 0 fully saturated rings. The van der Waals surface area contributed by atoms with E-state index in [0.29, 0.717) is 0 Å². The smallest absolute Gasteiger partial charge is 0.449 e. The van der Waals surface area contributed by atoms with Gasteiger partial charge in [0.05, 0.1) is 12.2 Å². The van der Waals surface area contributed by atoms with Crippen LogP contribution in [-0.2, 0) is 0 Å². The molecule has 0 aromatic carbocycles. The van der Waals surface area contributed by atoms with Gasteiger partial charge in [-0.1, -0.05) is 11.6 Å². The maximum atomic E-state index is 10.3. The lowest BCUT2D eigenvalue weighted by molar-refractivity contribution is 0.139. The van der Waals surface area contributed by atoms with Crippen molar-refractivity contribution in [2.24, 2.45) is 0 Å². The van der Waals surface area contributed by atoms with E-state index in [1.807, 2.05) is 13.8 Å². The SMILES string of the molecule is CC(C)n1ncc(Cl)c1OC(=O)O. The van der Waals surface area contributed by atoms with E-state index >= 15 is 0 Å². The summed E-state index contributed by atoms with van der Waals surface area (Å²) in [5.41, 5.74) is 0. The number of carboxylic acid groups (broad SMARTS) is 1. The van der Waals surface area contributed by atoms with Gasteiger partial charge in [-0.25, -0.2) is 9.48 Å². The lowest BCUT2D eigenvalue weighted by atomic mass is 10.4. The Hall–Kier alpha value is -1.23. The first-order valence-corrected chi connectivity index (χ1v) is 4.04. The number of carbonyl (C=O) groups is 1. The highest BCUT2D eigenvalue weighted by atomic mass is 35.5. The predicted octanol–water partition coefficient (Wildman–Crippen LogP) is 2.17. The molecule has 0 aliphatic carbocycles. The van der Waals surface area contributed by atoms with Crippen LogP contribution in [-0.4, -0.2) is 21.0 Å². The Balaban J connectivity index is 3.01. The molecule has 1 heterocycles. The van der Waals surface area contributed by atoms with Crippen LogP contribution in [0.1, 0.15) is 19.9 Å². The summed E-state index contributed by atoms with van der Waals surface area (Å²) in [5.74, 6) is 0.0594. The van der Waals surface area contributed by atoms with Crippen molar-refractivity contribution in [1.29, 1.82) is 0 Å². The van der Waals surface area contributed by atoms with Crippen LogP contribution in [0.15, 0.2) is 6.20 Å². The summed E-state index contributed by atoms with van der Waals surface area (Å²) >= 11 is 5.66. The van der Waals surface area contributed by atoms with E-state index in [1.54, 1.807) is 0 Å². The van der Waals surface area contributed by atoms with Crippen molar-refractivity contribution in [3.63, 3.8) is 0 Å². The first kappa shape index (κ1) is 9.85. The number of hydrogen-bond donors (Lipinski definition) is 1. The fourth-order valence-electron chi connectivity index (χ4n) is 0.876. The maximum Gasteiger partial charge on any atom is 0.512 e. The third-order valence-electron chi connectivity index (χ3n) is 1.38. The van der Waals surface area contributed by atoms with Crippen LogP contribution in [0.4, 0.5) is 4.79 Å². The van der Waals surface area contributed by atoms with Crippen molar-refractivity contribution in [2.45, 2.75) is 19.9 Å². The molecule has 0 radical (unpaired) electrons. The maximum absolute atomic E-state index is 10.3. The zero-order valence-electron chi connectivity index (χ0n) is 7.19. The monoisotopic (exact) mass is 204 g/mol.